The summed E-state index contributed by atoms with van der Waals surface area (Å²) in [5.74, 6) is 0.251. The molecular formula is C18H23N3O4. The molecule has 2 N–H and O–H groups in total. The van der Waals surface area contributed by atoms with Gasteiger partial charge in [0.2, 0.25) is 5.91 Å². The molecule has 0 saturated heterocycles. The Bertz CT molecular complexity index is 748. The van der Waals surface area contributed by atoms with E-state index in [1.54, 1.807) is 24.3 Å². The van der Waals surface area contributed by atoms with E-state index in [0.717, 1.165) is 11.3 Å². The summed E-state index contributed by atoms with van der Waals surface area (Å²) in [6.45, 7) is 7.39. The molecule has 0 spiro atoms. The lowest BCUT2D eigenvalue weighted by molar-refractivity contribution is -0.119. The Morgan fingerprint density at radius 3 is 2.52 bits per heavy atom. The van der Waals surface area contributed by atoms with E-state index in [1.807, 2.05) is 27.7 Å². The monoisotopic (exact) mass is 345 g/mol. The number of nitrogens with two attached hydrogens (primary N) is 1. The molecule has 0 saturated carbocycles. The number of hydrogen-bond acceptors (Lipinski definition) is 5. The number of primary amides is 1. The average molecular weight is 345 g/mol. The van der Waals surface area contributed by atoms with Gasteiger partial charge in [0.15, 0.2) is 0 Å². The first-order valence-corrected chi connectivity index (χ1v) is 8.04. The summed E-state index contributed by atoms with van der Waals surface area (Å²) in [4.78, 5) is 25.5. The molecule has 1 heterocycles. The van der Waals surface area contributed by atoms with Crippen molar-refractivity contribution in [1.82, 2.24) is 10.1 Å². The second kappa shape index (κ2) is 7.83. The van der Waals surface area contributed by atoms with Crippen LogP contribution in [0.1, 0.15) is 41.2 Å². The van der Waals surface area contributed by atoms with Crippen LogP contribution in [0.3, 0.4) is 0 Å². The summed E-state index contributed by atoms with van der Waals surface area (Å²) in [5.41, 5.74) is 7.23. The van der Waals surface area contributed by atoms with Gasteiger partial charge in [-0.3, -0.25) is 9.59 Å². The topological polar surface area (TPSA) is 98.7 Å². The number of rotatable bonds is 7. The SMILES string of the molecule is Cc1noc(C)c1COc1ccccc1C(=O)N(CC(N)=O)C(C)C. The quantitative estimate of drug-likeness (QED) is 0.829. The molecule has 7 nitrogen and oxygen atoms in total. The highest BCUT2D eigenvalue weighted by Crippen LogP contribution is 2.23. The van der Waals surface area contributed by atoms with Crippen molar-refractivity contribution in [2.24, 2.45) is 5.73 Å². The molecule has 0 aliphatic carbocycles. The molecule has 0 radical (unpaired) electrons. The zero-order valence-electron chi connectivity index (χ0n) is 14.9. The van der Waals surface area contributed by atoms with Crippen LogP contribution < -0.4 is 10.5 Å². The molecule has 2 rings (SSSR count). The highest BCUT2D eigenvalue weighted by Gasteiger charge is 2.23. The molecule has 1 aromatic carbocycles. The zero-order valence-corrected chi connectivity index (χ0v) is 14.9. The van der Waals surface area contributed by atoms with E-state index in [1.165, 1.54) is 4.90 Å². The second-order valence-electron chi connectivity index (χ2n) is 6.08. The molecule has 25 heavy (non-hydrogen) atoms. The minimum absolute atomic E-state index is 0.144. The first-order chi connectivity index (χ1) is 11.8. The van der Waals surface area contributed by atoms with Crippen LogP contribution in [0.5, 0.6) is 5.75 Å². The Morgan fingerprint density at radius 2 is 1.96 bits per heavy atom. The summed E-state index contributed by atoms with van der Waals surface area (Å²) < 4.78 is 11.0. The van der Waals surface area contributed by atoms with Crippen LogP contribution in [0.2, 0.25) is 0 Å². The van der Waals surface area contributed by atoms with Crippen LogP contribution in [0, 0.1) is 13.8 Å². The summed E-state index contributed by atoms with van der Waals surface area (Å²) in [7, 11) is 0. The Labute approximate surface area is 146 Å². The van der Waals surface area contributed by atoms with E-state index in [2.05, 4.69) is 5.16 Å². The van der Waals surface area contributed by atoms with Crippen molar-refractivity contribution < 1.29 is 18.8 Å². The Kier molecular flexibility index (Phi) is 5.80. The Morgan fingerprint density at radius 1 is 1.28 bits per heavy atom. The number of aromatic nitrogens is 1. The minimum atomic E-state index is -0.559. The number of amides is 2. The van der Waals surface area contributed by atoms with Gasteiger partial charge in [-0.2, -0.15) is 0 Å². The van der Waals surface area contributed by atoms with Crippen LogP contribution in [-0.2, 0) is 11.4 Å². The average Bonchev–Trinajstić information content (AvgIpc) is 2.88. The van der Waals surface area contributed by atoms with Gasteiger partial charge in [-0.05, 0) is 39.8 Å². The van der Waals surface area contributed by atoms with Gasteiger partial charge in [-0.25, -0.2) is 0 Å². The van der Waals surface area contributed by atoms with Gasteiger partial charge in [0, 0.05) is 6.04 Å². The molecule has 0 unspecified atom stereocenters. The number of hydrogen-bond donors (Lipinski definition) is 1. The van der Waals surface area contributed by atoms with Crippen molar-refractivity contribution in [1.29, 1.82) is 0 Å². The number of carbonyl (C=O) groups is 2. The summed E-state index contributed by atoms with van der Waals surface area (Å²) >= 11 is 0. The highest BCUT2D eigenvalue weighted by molar-refractivity contribution is 5.98. The van der Waals surface area contributed by atoms with Gasteiger partial charge in [0.25, 0.3) is 5.91 Å². The van der Waals surface area contributed by atoms with Crippen LogP contribution in [0.4, 0.5) is 0 Å². The molecule has 0 bridgehead atoms. The summed E-state index contributed by atoms with van der Waals surface area (Å²) in [6.07, 6.45) is 0. The smallest absolute Gasteiger partial charge is 0.258 e. The minimum Gasteiger partial charge on any atom is -0.488 e. The summed E-state index contributed by atoms with van der Waals surface area (Å²) in [5, 5.41) is 3.89. The lowest BCUT2D eigenvalue weighted by Gasteiger charge is -2.26. The summed E-state index contributed by atoms with van der Waals surface area (Å²) in [6, 6.07) is 6.75. The van der Waals surface area contributed by atoms with E-state index in [9.17, 15) is 9.59 Å². The Hall–Kier alpha value is -2.83. The number of nitrogens with zero attached hydrogens (tertiary/aromatic N) is 2. The molecule has 0 fully saturated rings. The van der Waals surface area contributed by atoms with Gasteiger partial charge in [-0.1, -0.05) is 17.3 Å². The third kappa shape index (κ3) is 4.37. The van der Waals surface area contributed by atoms with E-state index in [0.29, 0.717) is 17.1 Å². The van der Waals surface area contributed by atoms with Crippen molar-refractivity contribution >= 4 is 11.8 Å². The third-order valence-corrected chi connectivity index (χ3v) is 3.88. The standard InChI is InChI=1S/C18H23N3O4/c1-11(2)21(9-17(19)22)18(23)14-7-5-6-8-16(14)24-10-15-12(3)20-25-13(15)4/h5-8,11H,9-10H2,1-4H3,(H2,19,22). The molecule has 7 heteroatoms. The Balaban J connectivity index is 2.24. The maximum atomic E-state index is 12.8. The number of aryl methyl sites for hydroxylation is 2. The van der Waals surface area contributed by atoms with E-state index in [-0.39, 0.29) is 25.1 Å². The molecule has 0 aliphatic heterocycles. The van der Waals surface area contributed by atoms with Gasteiger partial charge < -0.3 is 19.9 Å². The molecule has 2 amide bonds. The van der Waals surface area contributed by atoms with Crippen molar-refractivity contribution in [3.63, 3.8) is 0 Å². The molecular weight excluding hydrogens is 322 g/mol. The van der Waals surface area contributed by atoms with Crippen LogP contribution in [0.15, 0.2) is 28.8 Å². The van der Waals surface area contributed by atoms with Crippen molar-refractivity contribution in [2.45, 2.75) is 40.3 Å². The fourth-order valence-electron chi connectivity index (χ4n) is 2.44. The van der Waals surface area contributed by atoms with Crippen molar-refractivity contribution in [3.05, 3.63) is 46.8 Å². The first-order valence-electron chi connectivity index (χ1n) is 8.04. The van der Waals surface area contributed by atoms with Gasteiger partial charge in [0.1, 0.15) is 18.1 Å². The van der Waals surface area contributed by atoms with E-state index in [4.69, 9.17) is 15.0 Å². The predicted molar refractivity (Wildman–Crippen MR) is 92.1 cm³/mol. The molecule has 0 aliphatic rings. The van der Waals surface area contributed by atoms with E-state index < -0.39 is 5.91 Å². The lowest BCUT2D eigenvalue weighted by Crippen LogP contribution is -2.42. The first kappa shape index (κ1) is 18.5. The lowest BCUT2D eigenvalue weighted by atomic mass is 10.1. The fraction of sp³-hybridized carbons (Fsp3) is 0.389. The van der Waals surface area contributed by atoms with Crippen LogP contribution >= 0.6 is 0 Å². The van der Waals surface area contributed by atoms with Crippen LogP contribution in [0.25, 0.3) is 0 Å². The maximum Gasteiger partial charge on any atom is 0.258 e. The van der Waals surface area contributed by atoms with E-state index >= 15 is 0 Å². The number of ether oxygens (including phenoxy) is 1. The van der Waals surface area contributed by atoms with Gasteiger partial charge in [0.05, 0.1) is 23.4 Å². The van der Waals surface area contributed by atoms with Crippen LogP contribution in [-0.4, -0.2) is 34.5 Å². The number of benzene rings is 1. The highest BCUT2D eigenvalue weighted by atomic mass is 16.5. The third-order valence-electron chi connectivity index (χ3n) is 3.88. The fourth-order valence-corrected chi connectivity index (χ4v) is 2.44. The largest absolute Gasteiger partial charge is 0.488 e. The number of carbonyl (C=O) groups excluding carboxylic acids is 2. The van der Waals surface area contributed by atoms with Gasteiger partial charge in [-0.15, -0.1) is 0 Å². The molecule has 134 valence electrons. The van der Waals surface area contributed by atoms with Gasteiger partial charge >= 0.3 is 0 Å². The zero-order chi connectivity index (χ0) is 18.6. The maximum absolute atomic E-state index is 12.8. The normalized spacial score (nSPS) is 10.8. The molecule has 0 atom stereocenters. The number of para-hydroxylation sites is 1. The van der Waals surface area contributed by atoms with Crippen molar-refractivity contribution in [3.8, 4) is 5.75 Å². The van der Waals surface area contributed by atoms with Crippen molar-refractivity contribution in [2.75, 3.05) is 6.54 Å². The molecule has 2 aromatic rings. The molecule has 1 aromatic heterocycles. The predicted octanol–water partition coefficient (Wildman–Crippen LogP) is 2.21. The second-order valence-corrected chi connectivity index (χ2v) is 6.08.